The van der Waals surface area contributed by atoms with E-state index in [1.165, 1.54) is 0 Å². The van der Waals surface area contributed by atoms with Crippen molar-refractivity contribution < 1.29 is 18.0 Å². The van der Waals surface area contributed by atoms with Crippen molar-refractivity contribution in [2.75, 3.05) is 6.54 Å². The summed E-state index contributed by atoms with van der Waals surface area (Å²) in [5, 5.41) is -0.605. The molecule has 1 aromatic carbocycles. The minimum absolute atomic E-state index is 0.0424. The molecule has 0 N–H and O–H groups in total. The Morgan fingerprint density at radius 2 is 1.93 bits per heavy atom. The number of hydrogen-bond donors (Lipinski definition) is 0. The number of rotatable bonds is 4. The highest BCUT2D eigenvalue weighted by atomic mass is 32.2. The van der Waals surface area contributed by atoms with Crippen molar-refractivity contribution >= 4 is 17.7 Å². The first-order chi connectivity index (χ1) is 13.3. The van der Waals surface area contributed by atoms with E-state index in [-0.39, 0.29) is 22.8 Å². The number of nitrogens with zero attached hydrogens (tertiary/aromatic N) is 3. The zero-order valence-electron chi connectivity index (χ0n) is 15.7. The second-order valence-corrected chi connectivity index (χ2v) is 8.23. The SMILES string of the molecule is CC(Sc1nc(-c2ccccc2)cc(C(F)(F)F)n1)C(=O)N1CCCCC1C. The van der Waals surface area contributed by atoms with E-state index in [2.05, 4.69) is 9.97 Å². The lowest BCUT2D eigenvalue weighted by Gasteiger charge is -2.35. The quantitative estimate of drug-likeness (QED) is 0.524. The van der Waals surface area contributed by atoms with Crippen LogP contribution in [0.2, 0.25) is 0 Å². The lowest BCUT2D eigenvalue weighted by atomic mass is 10.0. The molecule has 28 heavy (non-hydrogen) atoms. The molecular formula is C20H22F3N3OS. The number of carbonyl (C=O) groups excluding carboxylic acids is 1. The summed E-state index contributed by atoms with van der Waals surface area (Å²) >= 11 is 0.973. The van der Waals surface area contributed by atoms with Crippen molar-refractivity contribution in [1.82, 2.24) is 14.9 Å². The molecular weight excluding hydrogens is 387 g/mol. The fraction of sp³-hybridized carbons (Fsp3) is 0.450. The van der Waals surface area contributed by atoms with E-state index in [0.29, 0.717) is 12.1 Å². The molecule has 0 aliphatic carbocycles. The smallest absolute Gasteiger partial charge is 0.339 e. The van der Waals surface area contributed by atoms with Crippen LogP contribution in [0.25, 0.3) is 11.3 Å². The molecule has 8 heteroatoms. The van der Waals surface area contributed by atoms with Crippen LogP contribution in [-0.4, -0.2) is 38.6 Å². The van der Waals surface area contributed by atoms with Crippen LogP contribution in [0, 0.1) is 0 Å². The van der Waals surface area contributed by atoms with Gasteiger partial charge in [0.25, 0.3) is 0 Å². The van der Waals surface area contributed by atoms with Crippen molar-refractivity contribution in [2.24, 2.45) is 0 Å². The van der Waals surface area contributed by atoms with Crippen LogP contribution < -0.4 is 0 Å². The van der Waals surface area contributed by atoms with Gasteiger partial charge in [-0.05, 0) is 39.2 Å². The van der Waals surface area contributed by atoms with Gasteiger partial charge < -0.3 is 4.90 Å². The molecule has 2 atom stereocenters. The van der Waals surface area contributed by atoms with E-state index < -0.39 is 17.1 Å². The molecule has 1 aliphatic rings. The Labute approximate surface area is 166 Å². The summed E-state index contributed by atoms with van der Waals surface area (Å²) in [6.07, 6.45) is -1.60. The fourth-order valence-electron chi connectivity index (χ4n) is 3.25. The van der Waals surface area contributed by atoms with Gasteiger partial charge in [-0.3, -0.25) is 4.79 Å². The van der Waals surface area contributed by atoms with Crippen molar-refractivity contribution in [3.63, 3.8) is 0 Å². The van der Waals surface area contributed by atoms with Gasteiger partial charge in [-0.2, -0.15) is 13.2 Å². The van der Waals surface area contributed by atoms with Crippen LogP contribution in [0.5, 0.6) is 0 Å². The van der Waals surface area contributed by atoms with Crippen LogP contribution in [0.15, 0.2) is 41.6 Å². The highest BCUT2D eigenvalue weighted by molar-refractivity contribution is 8.00. The highest BCUT2D eigenvalue weighted by Crippen LogP contribution is 2.33. The predicted octanol–water partition coefficient (Wildman–Crippen LogP) is 5.04. The molecule has 1 fully saturated rings. The van der Waals surface area contributed by atoms with Gasteiger partial charge >= 0.3 is 6.18 Å². The van der Waals surface area contributed by atoms with E-state index in [1.807, 2.05) is 11.8 Å². The van der Waals surface area contributed by atoms with Crippen molar-refractivity contribution in [3.05, 3.63) is 42.1 Å². The largest absolute Gasteiger partial charge is 0.433 e. The second kappa shape index (κ2) is 8.51. The first-order valence-electron chi connectivity index (χ1n) is 9.24. The lowest BCUT2D eigenvalue weighted by molar-refractivity contribution is -0.141. The molecule has 150 valence electrons. The predicted molar refractivity (Wildman–Crippen MR) is 103 cm³/mol. The monoisotopic (exact) mass is 409 g/mol. The Kier molecular flexibility index (Phi) is 6.27. The van der Waals surface area contributed by atoms with Crippen molar-refractivity contribution in [1.29, 1.82) is 0 Å². The number of piperidine rings is 1. The van der Waals surface area contributed by atoms with Crippen LogP contribution in [-0.2, 0) is 11.0 Å². The molecule has 0 saturated carbocycles. The molecule has 3 rings (SSSR count). The molecule has 0 spiro atoms. The maximum Gasteiger partial charge on any atom is 0.433 e. The van der Waals surface area contributed by atoms with Gasteiger partial charge in [0, 0.05) is 18.2 Å². The summed E-state index contributed by atoms with van der Waals surface area (Å²) in [6, 6.07) is 9.74. The highest BCUT2D eigenvalue weighted by Gasteiger charge is 2.35. The summed E-state index contributed by atoms with van der Waals surface area (Å²) in [6.45, 7) is 4.38. The third-order valence-electron chi connectivity index (χ3n) is 4.78. The number of thioether (sulfide) groups is 1. The first-order valence-corrected chi connectivity index (χ1v) is 10.1. The second-order valence-electron chi connectivity index (χ2n) is 6.92. The molecule has 0 bridgehead atoms. The number of alkyl halides is 3. The summed E-state index contributed by atoms with van der Waals surface area (Å²) in [4.78, 5) is 22.5. The van der Waals surface area contributed by atoms with E-state index in [0.717, 1.165) is 37.1 Å². The normalized spacial score (nSPS) is 18.8. The Bertz CT molecular complexity index is 829. The average molecular weight is 409 g/mol. The molecule has 2 unspecified atom stereocenters. The van der Waals surface area contributed by atoms with Gasteiger partial charge in [-0.15, -0.1) is 0 Å². The zero-order chi connectivity index (χ0) is 20.3. The first kappa shape index (κ1) is 20.6. The fourth-order valence-corrected chi connectivity index (χ4v) is 4.10. The maximum absolute atomic E-state index is 13.3. The number of likely N-dealkylation sites (tertiary alicyclic amines) is 1. The van der Waals surface area contributed by atoms with Gasteiger partial charge in [0.05, 0.1) is 10.9 Å². The van der Waals surface area contributed by atoms with Crippen LogP contribution in [0.4, 0.5) is 13.2 Å². The number of aromatic nitrogens is 2. The zero-order valence-corrected chi connectivity index (χ0v) is 16.6. The summed E-state index contributed by atoms with van der Waals surface area (Å²) in [7, 11) is 0. The summed E-state index contributed by atoms with van der Waals surface area (Å²) in [5.41, 5.74) is -0.243. The minimum atomic E-state index is -4.59. The molecule has 4 nitrogen and oxygen atoms in total. The summed E-state index contributed by atoms with van der Waals surface area (Å²) in [5.74, 6) is -0.0838. The molecule has 1 aliphatic heterocycles. The van der Waals surface area contributed by atoms with Crippen molar-refractivity contribution in [3.8, 4) is 11.3 Å². The van der Waals surface area contributed by atoms with Gasteiger partial charge in [0.2, 0.25) is 5.91 Å². The molecule has 1 aromatic heterocycles. The van der Waals surface area contributed by atoms with Crippen LogP contribution in [0.1, 0.15) is 38.8 Å². The Balaban J connectivity index is 1.87. The van der Waals surface area contributed by atoms with Gasteiger partial charge in [-0.25, -0.2) is 9.97 Å². The molecule has 1 saturated heterocycles. The average Bonchev–Trinajstić information content (AvgIpc) is 2.67. The van der Waals surface area contributed by atoms with E-state index in [1.54, 1.807) is 37.3 Å². The third-order valence-corrected chi connectivity index (χ3v) is 5.73. The number of amides is 1. The van der Waals surface area contributed by atoms with Gasteiger partial charge in [0.1, 0.15) is 5.69 Å². The Morgan fingerprint density at radius 3 is 2.57 bits per heavy atom. The van der Waals surface area contributed by atoms with Crippen LogP contribution >= 0.6 is 11.8 Å². The summed E-state index contributed by atoms with van der Waals surface area (Å²) < 4.78 is 40.0. The number of hydrogen-bond acceptors (Lipinski definition) is 4. The Hall–Kier alpha value is -2.09. The number of benzene rings is 1. The maximum atomic E-state index is 13.3. The van der Waals surface area contributed by atoms with Crippen molar-refractivity contribution in [2.45, 2.75) is 55.7 Å². The molecule has 0 radical (unpaired) electrons. The van der Waals surface area contributed by atoms with Gasteiger partial charge in [0.15, 0.2) is 5.16 Å². The number of halogens is 3. The topological polar surface area (TPSA) is 46.1 Å². The lowest BCUT2D eigenvalue weighted by Crippen LogP contribution is -2.45. The third kappa shape index (κ3) is 4.84. The number of carbonyl (C=O) groups is 1. The molecule has 2 heterocycles. The Morgan fingerprint density at radius 1 is 1.21 bits per heavy atom. The van der Waals surface area contributed by atoms with Crippen LogP contribution in [0.3, 0.4) is 0 Å². The van der Waals surface area contributed by atoms with Gasteiger partial charge in [-0.1, -0.05) is 42.1 Å². The minimum Gasteiger partial charge on any atom is -0.339 e. The van der Waals surface area contributed by atoms with E-state index in [4.69, 9.17) is 0 Å². The van der Waals surface area contributed by atoms with E-state index in [9.17, 15) is 18.0 Å². The molecule has 2 aromatic rings. The standard InChI is InChI=1S/C20H22F3N3OS/c1-13-8-6-7-11-26(13)18(27)14(2)28-19-24-16(15-9-4-3-5-10-15)12-17(25-19)20(21,22)23/h3-5,9-10,12-14H,6-8,11H2,1-2H3. The molecule has 1 amide bonds. The van der Waals surface area contributed by atoms with E-state index >= 15 is 0 Å².